The highest BCUT2D eigenvalue weighted by Gasteiger charge is 2.07. The third kappa shape index (κ3) is 2.08. The monoisotopic (exact) mass is 251 g/mol. The number of nitrogens with two attached hydrogens (primary N) is 1. The molecule has 0 saturated heterocycles. The number of nitrogens with one attached hydrogen (secondary N) is 1. The van der Waals surface area contributed by atoms with Crippen molar-refractivity contribution in [3.05, 3.63) is 48.3 Å². The van der Waals surface area contributed by atoms with E-state index in [0.717, 1.165) is 27.8 Å². The van der Waals surface area contributed by atoms with Crippen LogP contribution in [0.5, 0.6) is 0 Å². The Morgan fingerprint density at radius 2 is 1.95 bits per heavy atom. The Balaban J connectivity index is 2.11. The van der Waals surface area contributed by atoms with Crippen molar-refractivity contribution in [1.82, 2.24) is 9.97 Å². The molecular weight excluding hydrogens is 238 g/mol. The van der Waals surface area contributed by atoms with Crippen molar-refractivity contribution in [3.63, 3.8) is 0 Å². The number of Topliss-reactive ketones (excluding diaryl/α,β-unsaturated/α-hetero) is 1. The van der Waals surface area contributed by atoms with Crippen LogP contribution in [0.15, 0.2) is 42.6 Å². The quantitative estimate of drug-likeness (QED) is 0.543. The van der Waals surface area contributed by atoms with Gasteiger partial charge in [0.2, 0.25) is 0 Å². The summed E-state index contributed by atoms with van der Waals surface area (Å²) in [5, 5.41) is 0.979. The molecule has 0 fully saturated rings. The van der Waals surface area contributed by atoms with Gasteiger partial charge in [0.15, 0.2) is 5.78 Å². The number of benzene rings is 1. The number of rotatable bonds is 2. The first-order valence-electron chi connectivity index (χ1n) is 5.99. The maximum Gasteiger partial charge on any atom is 0.178 e. The number of H-pyrrole nitrogens is 1. The Labute approximate surface area is 110 Å². The summed E-state index contributed by atoms with van der Waals surface area (Å²) < 4.78 is 0. The Kier molecular flexibility index (Phi) is 2.56. The average Bonchev–Trinajstić information content (AvgIpc) is 2.82. The van der Waals surface area contributed by atoms with Gasteiger partial charge in [0, 0.05) is 23.7 Å². The van der Waals surface area contributed by atoms with Crippen LogP contribution in [-0.2, 0) is 0 Å². The van der Waals surface area contributed by atoms with Crippen molar-refractivity contribution in [2.24, 2.45) is 0 Å². The third-order valence-corrected chi connectivity index (χ3v) is 3.09. The predicted octanol–water partition coefficient (Wildman–Crippen LogP) is 3.01. The lowest BCUT2D eigenvalue weighted by atomic mass is 10.1. The van der Waals surface area contributed by atoms with Gasteiger partial charge in [0.05, 0.1) is 11.7 Å². The van der Waals surface area contributed by atoms with E-state index >= 15 is 0 Å². The van der Waals surface area contributed by atoms with E-state index in [9.17, 15) is 4.79 Å². The van der Waals surface area contributed by atoms with Crippen LogP contribution >= 0.6 is 0 Å². The average molecular weight is 251 g/mol. The maximum absolute atomic E-state index is 11.3. The molecule has 0 saturated carbocycles. The zero-order valence-corrected chi connectivity index (χ0v) is 10.5. The molecule has 0 aliphatic rings. The van der Waals surface area contributed by atoms with E-state index in [4.69, 9.17) is 5.73 Å². The van der Waals surface area contributed by atoms with Crippen molar-refractivity contribution in [3.8, 4) is 11.3 Å². The molecule has 0 aliphatic heterocycles. The van der Waals surface area contributed by atoms with Gasteiger partial charge in [-0.15, -0.1) is 0 Å². The second-order valence-electron chi connectivity index (χ2n) is 4.52. The standard InChI is InChI=1S/C15H13N3O/c1-9(19)13-6-11-7-14(18-15(11)8-17-13)10-2-4-12(16)5-3-10/h2-8,18H,16H2,1H3. The van der Waals surface area contributed by atoms with Gasteiger partial charge >= 0.3 is 0 Å². The largest absolute Gasteiger partial charge is 0.399 e. The zero-order chi connectivity index (χ0) is 13.4. The number of carbonyl (C=O) groups excluding carboxylic acids is 1. The van der Waals surface area contributed by atoms with E-state index < -0.39 is 0 Å². The third-order valence-electron chi connectivity index (χ3n) is 3.09. The molecule has 94 valence electrons. The molecular formula is C15H13N3O. The molecule has 0 atom stereocenters. The first-order chi connectivity index (χ1) is 9.13. The van der Waals surface area contributed by atoms with Crippen molar-refractivity contribution in [1.29, 1.82) is 0 Å². The summed E-state index contributed by atoms with van der Waals surface area (Å²) in [6.45, 7) is 1.52. The van der Waals surface area contributed by atoms with Crippen LogP contribution in [0.3, 0.4) is 0 Å². The van der Waals surface area contributed by atoms with E-state index in [1.165, 1.54) is 6.92 Å². The minimum atomic E-state index is -0.0304. The van der Waals surface area contributed by atoms with Crippen LogP contribution in [-0.4, -0.2) is 15.8 Å². The molecule has 0 amide bonds. The Hall–Kier alpha value is -2.62. The minimum Gasteiger partial charge on any atom is -0.399 e. The molecule has 2 aromatic heterocycles. The van der Waals surface area contributed by atoms with Gasteiger partial charge in [0.1, 0.15) is 5.69 Å². The Morgan fingerprint density at radius 1 is 1.21 bits per heavy atom. The van der Waals surface area contributed by atoms with E-state index in [1.54, 1.807) is 12.3 Å². The molecule has 4 heteroatoms. The SMILES string of the molecule is CC(=O)c1cc2cc(-c3ccc(N)cc3)[nH]c2cn1. The summed E-state index contributed by atoms with van der Waals surface area (Å²) in [6.07, 6.45) is 1.69. The smallest absolute Gasteiger partial charge is 0.178 e. The fourth-order valence-electron chi connectivity index (χ4n) is 2.04. The van der Waals surface area contributed by atoms with Gasteiger partial charge < -0.3 is 10.7 Å². The first kappa shape index (κ1) is 11.5. The molecule has 0 spiro atoms. The number of nitrogens with zero attached hydrogens (tertiary/aromatic N) is 1. The van der Waals surface area contributed by atoms with E-state index in [1.807, 2.05) is 30.3 Å². The molecule has 4 nitrogen and oxygen atoms in total. The number of ketones is 1. The van der Waals surface area contributed by atoms with Crippen LogP contribution in [0.1, 0.15) is 17.4 Å². The van der Waals surface area contributed by atoms with Gasteiger partial charge in [0.25, 0.3) is 0 Å². The molecule has 0 aliphatic carbocycles. The maximum atomic E-state index is 11.3. The number of anilines is 1. The number of aromatic amines is 1. The van der Waals surface area contributed by atoms with Gasteiger partial charge in [-0.25, -0.2) is 0 Å². The van der Waals surface area contributed by atoms with Gasteiger partial charge in [-0.05, 0) is 29.8 Å². The summed E-state index contributed by atoms with van der Waals surface area (Å²) in [5.74, 6) is -0.0304. The normalized spacial score (nSPS) is 10.8. The van der Waals surface area contributed by atoms with Gasteiger partial charge in [-0.1, -0.05) is 12.1 Å². The molecule has 3 rings (SSSR count). The fraction of sp³-hybridized carbons (Fsp3) is 0.0667. The zero-order valence-electron chi connectivity index (χ0n) is 10.5. The second kappa shape index (κ2) is 4.24. The molecule has 3 N–H and O–H groups in total. The van der Waals surface area contributed by atoms with Crippen LogP contribution in [0.25, 0.3) is 22.2 Å². The number of pyridine rings is 1. The predicted molar refractivity (Wildman–Crippen MR) is 75.9 cm³/mol. The summed E-state index contributed by atoms with van der Waals surface area (Å²) in [7, 11) is 0. The second-order valence-corrected chi connectivity index (χ2v) is 4.52. The molecule has 19 heavy (non-hydrogen) atoms. The number of carbonyl (C=O) groups is 1. The highest BCUT2D eigenvalue weighted by Crippen LogP contribution is 2.24. The summed E-state index contributed by atoms with van der Waals surface area (Å²) in [5.41, 5.74) is 9.84. The van der Waals surface area contributed by atoms with E-state index in [-0.39, 0.29) is 5.78 Å². The van der Waals surface area contributed by atoms with E-state index in [2.05, 4.69) is 9.97 Å². The van der Waals surface area contributed by atoms with E-state index in [0.29, 0.717) is 5.69 Å². The molecule has 0 radical (unpaired) electrons. The number of hydrogen-bond acceptors (Lipinski definition) is 3. The van der Waals surface area contributed by atoms with Crippen LogP contribution in [0, 0.1) is 0 Å². The van der Waals surface area contributed by atoms with Crippen molar-refractivity contribution in [2.75, 3.05) is 5.73 Å². The fourth-order valence-corrected chi connectivity index (χ4v) is 2.04. The number of nitrogen functional groups attached to an aromatic ring is 1. The molecule has 3 aromatic rings. The minimum absolute atomic E-state index is 0.0304. The highest BCUT2D eigenvalue weighted by molar-refractivity contribution is 5.96. The number of fused-ring (bicyclic) bond motifs is 1. The van der Waals surface area contributed by atoms with Gasteiger partial charge in [-0.2, -0.15) is 0 Å². The first-order valence-corrected chi connectivity index (χ1v) is 5.99. The summed E-state index contributed by atoms with van der Waals surface area (Å²) in [4.78, 5) is 18.7. The van der Waals surface area contributed by atoms with Crippen molar-refractivity contribution in [2.45, 2.75) is 6.92 Å². The lowest BCUT2D eigenvalue weighted by Gasteiger charge is -1.97. The summed E-state index contributed by atoms with van der Waals surface area (Å²) >= 11 is 0. The number of aromatic nitrogens is 2. The lowest BCUT2D eigenvalue weighted by molar-refractivity contribution is 0.101. The molecule has 0 bridgehead atoms. The van der Waals surface area contributed by atoms with Crippen LogP contribution in [0.2, 0.25) is 0 Å². The van der Waals surface area contributed by atoms with Gasteiger partial charge in [-0.3, -0.25) is 9.78 Å². The van der Waals surface area contributed by atoms with Crippen molar-refractivity contribution < 1.29 is 4.79 Å². The highest BCUT2D eigenvalue weighted by atomic mass is 16.1. The molecule has 0 unspecified atom stereocenters. The van der Waals surface area contributed by atoms with Crippen LogP contribution < -0.4 is 5.73 Å². The topological polar surface area (TPSA) is 71.8 Å². The summed E-state index contributed by atoms with van der Waals surface area (Å²) in [6, 6.07) is 11.4. The van der Waals surface area contributed by atoms with Crippen LogP contribution in [0.4, 0.5) is 5.69 Å². The molecule has 1 aromatic carbocycles. The number of hydrogen-bond donors (Lipinski definition) is 2. The Morgan fingerprint density at radius 3 is 2.63 bits per heavy atom. The Bertz CT molecular complexity index is 757. The van der Waals surface area contributed by atoms with Crippen molar-refractivity contribution >= 4 is 22.4 Å². The lowest BCUT2D eigenvalue weighted by Crippen LogP contribution is -1.94. The molecule has 2 heterocycles.